The van der Waals surface area contributed by atoms with Gasteiger partial charge in [0.05, 0.1) is 17.8 Å². The molecule has 0 amide bonds. The number of para-hydroxylation sites is 1. The quantitative estimate of drug-likeness (QED) is 0.645. The van der Waals surface area contributed by atoms with Gasteiger partial charge in [-0.3, -0.25) is 4.98 Å². The van der Waals surface area contributed by atoms with E-state index < -0.39 is 0 Å². The summed E-state index contributed by atoms with van der Waals surface area (Å²) in [5.74, 6) is 0. The molecule has 0 bridgehead atoms. The zero-order valence-electron chi connectivity index (χ0n) is 16.1. The Balaban J connectivity index is 1.57. The maximum absolute atomic E-state index is 5.90. The van der Waals surface area contributed by atoms with E-state index >= 15 is 0 Å². The number of nitrogens with one attached hydrogen (secondary N) is 1. The highest BCUT2D eigenvalue weighted by Gasteiger charge is 2.42. The molecule has 0 spiro atoms. The van der Waals surface area contributed by atoms with Gasteiger partial charge in [-0.05, 0) is 61.5 Å². The maximum Gasteiger partial charge on any atom is 0.174 e. The number of rotatable bonds is 5. The predicted molar refractivity (Wildman–Crippen MR) is 118 cm³/mol. The Labute approximate surface area is 176 Å². The second kappa shape index (κ2) is 7.97. The molecule has 0 saturated carbocycles. The zero-order valence-corrected chi connectivity index (χ0v) is 17.0. The van der Waals surface area contributed by atoms with E-state index in [1.54, 1.807) is 0 Å². The fraction of sp³-hybridized carbons (Fsp3) is 0.304. The maximum atomic E-state index is 5.90. The third-order valence-corrected chi connectivity index (χ3v) is 6.04. The van der Waals surface area contributed by atoms with Crippen LogP contribution in [-0.2, 0) is 11.3 Å². The van der Waals surface area contributed by atoms with E-state index in [1.807, 2.05) is 24.4 Å². The number of hydrogen-bond donors (Lipinski definition) is 1. The van der Waals surface area contributed by atoms with Crippen molar-refractivity contribution < 1.29 is 4.74 Å². The van der Waals surface area contributed by atoms with E-state index in [0.717, 1.165) is 42.5 Å². The number of thiocarbonyl (C=S) groups is 1. The largest absolute Gasteiger partial charge is 0.376 e. The fourth-order valence-electron chi connectivity index (χ4n) is 4.39. The summed E-state index contributed by atoms with van der Waals surface area (Å²) in [5.41, 5.74) is 3.29. The van der Waals surface area contributed by atoms with Gasteiger partial charge in [0.2, 0.25) is 0 Å². The van der Waals surface area contributed by atoms with Gasteiger partial charge >= 0.3 is 0 Å². The molecule has 3 atom stereocenters. The third-order valence-electron chi connectivity index (χ3n) is 5.72. The van der Waals surface area contributed by atoms with Crippen LogP contribution in [-0.4, -0.2) is 27.4 Å². The molecule has 4 heterocycles. The first-order valence-corrected chi connectivity index (χ1v) is 10.5. The van der Waals surface area contributed by atoms with E-state index in [9.17, 15) is 0 Å². The predicted octanol–water partition coefficient (Wildman–Crippen LogP) is 4.24. The molecular formula is C23H24N4OS. The molecule has 2 saturated heterocycles. The van der Waals surface area contributed by atoms with Gasteiger partial charge in [-0.1, -0.05) is 24.3 Å². The lowest BCUT2D eigenvalue weighted by molar-refractivity contribution is 0.0961. The summed E-state index contributed by atoms with van der Waals surface area (Å²) in [7, 11) is 0. The summed E-state index contributed by atoms with van der Waals surface area (Å²) < 4.78 is 8.22. The molecular weight excluding hydrogens is 380 g/mol. The molecule has 5 nitrogen and oxygen atoms in total. The van der Waals surface area contributed by atoms with E-state index in [-0.39, 0.29) is 18.2 Å². The lowest BCUT2D eigenvalue weighted by atomic mass is 10.0. The molecule has 1 N–H and O–H groups in total. The van der Waals surface area contributed by atoms with Crippen LogP contribution in [0.15, 0.2) is 73.1 Å². The minimum absolute atomic E-state index is 0.0104. The van der Waals surface area contributed by atoms with Crippen molar-refractivity contribution in [1.82, 2.24) is 14.9 Å². The van der Waals surface area contributed by atoms with E-state index in [0.29, 0.717) is 0 Å². The summed E-state index contributed by atoms with van der Waals surface area (Å²) in [4.78, 5) is 6.85. The van der Waals surface area contributed by atoms with Crippen molar-refractivity contribution in [3.63, 3.8) is 0 Å². The summed E-state index contributed by atoms with van der Waals surface area (Å²) in [6, 6.07) is 20.7. The number of benzene rings is 1. The average molecular weight is 405 g/mol. The smallest absolute Gasteiger partial charge is 0.174 e. The molecule has 6 heteroatoms. The number of ether oxygens (including phenoxy) is 1. The van der Waals surface area contributed by atoms with Crippen LogP contribution in [0.3, 0.4) is 0 Å². The van der Waals surface area contributed by atoms with Crippen molar-refractivity contribution in [1.29, 1.82) is 0 Å². The molecule has 1 aromatic carbocycles. The van der Waals surface area contributed by atoms with Crippen molar-refractivity contribution in [3.8, 4) is 0 Å². The topological polar surface area (TPSA) is 42.3 Å². The Morgan fingerprint density at radius 2 is 1.93 bits per heavy atom. The number of nitrogens with zero attached hydrogens (tertiary/aromatic N) is 3. The Hall–Kier alpha value is -2.70. The zero-order chi connectivity index (χ0) is 19.6. The minimum Gasteiger partial charge on any atom is -0.376 e. The van der Waals surface area contributed by atoms with Crippen molar-refractivity contribution in [2.24, 2.45) is 0 Å². The Bertz CT molecular complexity index is 969. The van der Waals surface area contributed by atoms with E-state index in [2.05, 4.69) is 68.4 Å². The van der Waals surface area contributed by atoms with Gasteiger partial charge in [0.1, 0.15) is 6.04 Å². The van der Waals surface area contributed by atoms with Crippen LogP contribution < -0.4 is 10.2 Å². The Morgan fingerprint density at radius 3 is 2.69 bits per heavy atom. The minimum atomic E-state index is -0.0259. The van der Waals surface area contributed by atoms with Crippen molar-refractivity contribution in [2.45, 2.75) is 37.6 Å². The first kappa shape index (κ1) is 18.3. The van der Waals surface area contributed by atoms with Gasteiger partial charge in [0, 0.05) is 36.9 Å². The van der Waals surface area contributed by atoms with Crippen LogP contribution in [0.4, 0.5) is 5.69 Å². The average Bonchev–Trinajstić information content (AvgIpc) is 3.50. The monoisotopic (exact) mass is 404 g/mol. The second-order valence-corrected chi connectivity index (χ2v) is 7.94. The molecule has 3 aromatic rings. The highest BCUT2D eigenvalue weighted by Crippen LogP contribution is 2.41. The number of pyridine rings is 1. The summed E-state index contributed by atoms with van der Waals surface area (Å²) in [6.45, 7) is 1.73. The lowest BCUT2D eigenvalue weighted by Gasteiger charge is -2.29. The first-order chi connectivity index (χ1) is 14.3. The molecule has 29 heavy (non-hydrogen) atoms. The van der Waals surface area contributed by atoms with Crippen LogP contribution in [0.1, 0.15) is 36.3 Å². The Kier molecular flexibility index (Phi) is 5.04. The molecule has 148 valence electrons. The molecule has 2 aliphatic heterocycles. The van der Waals surface area contributed by atoms with Crippen molar-refractivity contribution >= 4 is 23.0 Å². The highest BCUT2D eigenvalue weighted by atomic mass is 32.1. The standard InChI is InChI=1S/C23H24N4OS/c29-23-25-21(19-11-4-5-13-24-19)22(27(23)17-8-2-1-3-9-17)20-12-6-14-26(20)16-18-10-7-15-28-18/h1-6,8-9,11-14,18,21-22H,7,10,15-16H2,(H,25,29)/t18-,21-,22+/m0/s1. The molecule has 5 rings (SSSR count). The molecule has 0 unspecified atom stereocenters. The molecule has 2 fully saturated rings. The summed E-state index contributed by atoms with van der Waals surface area (Å²) >= 11 is 5.79. The Morgan fingerprint density at radius 1 is 1.07 bits per heavy atom. The number of aromatic nitrogens is 2. The van der Waals surface area contributed by atoms with Gasteiger partial charge in [0.15, 0.2) is 5.11 Å². The van der Waals surface area contributed by atoms with E-state index in [1.165, 1.54) is 5.69 Å². The van der Waals surface area contributed by atoms with Crippen LogP contribution >= 0.6 is 12.2 Å². The third kappa shape index (κ3) is 3.54. The summed E-state index contributed by atoms with van der Waals surface area (Å²) in [5, 5.41) is 4.25. The second-order valence-electron chi connectivity index (χ2n) is 7.55. The SMILES string of the molecule is S=C1N[C@@H](c2ccccn2)[C@@H](c2cccn2C[C@@H]2CCCO2)N1c1ccccc1. The van der Waals surface area contributed by atoms with Crippen LogP contribution in [0.5, 0.6) is 0 Å². The van der Waals surface area contributed by atoms with Crippen LogP contribution in [0.25, 0.3) is 0 Å². The number of anilines is 1. The molecule has 2 aromatic heterocycles. The van der Waals surface area contributed by atoms with Gasteiger partial charge in [-0.15, -0.1) is 0 Å². The fourth-order valence-corrected chi connectivity index (χ4v) is 4.74. The lowest BCUT2D eigenvalue weighted by Crippen LogP contribution is -2.31. The van der Waals surface area contributed by atoms with Crippen molar-refractivity contribution in [2.75, 3.05) is 11.5 Å². The van der Waals surface area contributed by atoms with Gasteiger partial charge in [-0.25, -0.2) is 0 Å². The van der Waals surface area contributed by atoms with E-state index in [4.69, 9.17) is 17.0 Å². The molecule has 0 radical (unpaired) electrons. The molecule has 0 aliphatic carbocycles. The summed E-state index contributed by atoms with van der Waals surface area (Å²) in [6.07, 6.45) is 6.53. The number of hydrogen-bond acceptors (Lipinski definition) is 3. The van der Waals surface area contributed by atoms with Crippen LogP contribution in [0.2, 0.25) is 0 Å². The van der Waals surface area contributed by atoms with Gasteiger partial charge < -0.3 is 19.5 Å². The van der Waals surface area contributed by atoms with Crippen molar-refractivity contribution in [3.05, 3.63) is 84.4 Å². The highest BCUT2D eigenvalue weighted by molar-refractivity contribution is 7.80. The van der Waals surface area contributed by atoms with Gasteiger partial charge in [0.25, 0.3) is 0 Å². The molecule has 2 aliphatic rings. The first-order valence-electron chi connectivity index (χ1n) is 10.1. The van der Waals surface area contributed by atoms with Gasteiger partial charge in [-0.2, -0.15) is 0 Å². The normalized spacial score (nSPS) is 24.1. The van der Waals surface area contributed by atoms with Crippen LogP contribution in [0, 0.1) is 0 Å².